The third-order valence-corrected chi connectivity index (χ3v) is 3.34. The standard InChI is InChI=1S/C10H9N.C6H13N/c1-8-2-3-10-7-11-5-4-9(10)6-8;1-6-3-2-4-7-5-6/h2-7H,1H3;6-7H,2-5H2,1H3. The van der Waals surface area contributed by atoms with E-state index in [2.05, 4.69) is 42.3 Å². The highest BCUT2D eigenvalue weighted by Crippen LogP contribution is 2.13. The summed E-state index contributed by atoms with van der Waals surface area (Å²) in [5.74, 6) is 0.925. The van der Waals surface area contributed by atoms with E-state index in [0.29, 0.717) is 0 Å². The second-order valence-corrected chi connectivity index (χ2v) is 5.18. The van der Waals surface area contributed by atoms with Crippen LogP contribution in [0.15, 0.2) is 36.7 Å². The molecule has 1 aliphatic rings. The van der Waals surface area contributed by atoms with Crippen molar-refractivity contribution in [3.63, 3.8) is 0 Å². The van der Waals surface area contributed by atoms with Crippen LogP contribution in [0.1, 0.15) is 25.3 Å². The molecule has 1 fully saturated rings. The number of piperidine rings is 1. The minimum absolute atomic E-state index is 0.925. The average molecular weight is 242 g/mol. The number of hydrogen-bond donors (Lipinski definition) is 1. The van der Waals surface area contributed by atoms with Crippen LogP contribution in [0.2, 0.25) is 0 Å². The number of hydrogen-bond acceptors (Lipinski definition) is 2. The summed E-state index contributed by atoms with van der Waals surface area (Å²) < 4.78 is 0. The maximum atomic E-state index is 4.04. The summed E-state index contributed by atoms with van der Waals surface area (Å²) in [4.78, 5) is 4.04. The Bertz CT molecular complexity index is 487. The number of nitrogens with one attached hydrogen (secondary N) is 1. The molecule has 0 spiro atoms. The normalized spacial score (nSPS) is 19.1. The summed E-state index contributed by atoms with van der Waals surface area (Å²) in [6.07, 6.45) is 6.50. The molecule has 1 unspecified atom stereocenters. The molecule has 1 N–H and O–H groups in total. The van der Waals surface area contributed by atoms with Gasteiger partial charge < -0.3 is 5.32 Å². The molecule has 96 valence electrons. The number of benzene rings is 1. The number of nitrogens with zero attached hydrogens (tertiary/aromatic N) is 1. The summed E-state index contributed by atoms with van der Waals surface area (Å²) in [5, 5.41) is 5.80. The smallest absolute Gasteiger partial charge is 0.0346 e. The number of aryl methyl sites for hydroxylation is 1. The summed E-state index contributed by atoms with van der Waals surface area (Å²) >= 11 is 0. The lowest BCUT2D eigenvalue weighted by molar-refractivity contribution is 0.405. The van der Waals surface area contributed by atoms with Gasteiger partial charge in [-0.3, -0.25) is 4.98 Å². The van der Waals surface area contributed by atoms with Crippen molar-refractivity contribution >= 4 is 10.8 Å². The highest BCUT2D eigenvalue weighted by atomic mass is 14.9. The van der Waals surface area contributed by atoms with Gasteiger partial charge in [0.25, 0.3) is 0 Å². The monoisotopic (exact) mass is 242 g/mol. The molecule has 0 radical (unpaired) electrons. The third-order valence-electron chi connectivity index (χ3n) is 3.34. The van der Waals surface area contributed by atoms with Crippen molar-refractivity contribution in [2.24, 2.45) is 5.92 Å². The van der Waals surface area contributed by atoms with Crippen LogP contribution < -0.4 is 5.32 Å². The molecule has 1 aromatic carbocycles. The fraction of sp³-hybridized carbons (Fsp3) is 0.438. The van der Waals surface area contributed by atoms with E-state index < -0.39 is 0 Å². The fourth-order valence-corrected chi connectivity index (χ4v) is 2.23. The Kier molecular flexibility index (Phi) is 4.71. The molecule has 2 nitrogen and oxygen atoms in total. The van der Waals surface area contributed by atoms with Gasteiger partial charge in [-0.1, -0.05) is 30.7 Å². The Morgan fingerprint density at radius 2 is 2.11 bits per heavy atom. The highest BCUT2D eigenvalue weighted by molar-refractivity contribution is 5.81. The molecular formula is C16H22N2. The Morgan fingerprint density at radius 1 is 1.22 bits per heavy atom. The molecule has 0 saturated carbocycles. The van der Waals surface area contributed by atoms with E-state index in [0.717, 1.165) is 5.92 Å². The summed E-state index contributed by atoms with van der Waals surface area (Å²) in [7, 11) is 0. The number of fused-ring (bicyclic) bond motifs is 1. The van der Waals surface area contributed by atoms with Gasteiger partial charge in [0.15, 0.2) is 0 Å². The maximum Gasteiger partial charge on any atom is 0.0346 e. The lowest BCUT2D eigenvalue weighted by Gasteiger charge is -2.17. The van der Waals surface area contributed by atoms with Gasteiger partial charge in [-0.15, -0.1) is 0 Å². The fourth-order valence-electron chi connectivity index (χ4n) is 2.23. The third kappa shape index (κ3) is 3.81. The second kappa shape index (κ2) is 6.50. The van der Waals surface area contributed by atoms with Gasteiger partial charge in [-0.05, 0) is 50.2 Å². The van der Waals surface area contributed by atoms with E-state index in [-0.39, 0.29) is 0 Å². The minimum Gasteiger partial charge on any atom is -0.316 e. The van der Waals surface area contributed by atoms with Gasteiger partial charge in [0.1, 0.15) is 0 Å². The lowest BCUT2D eigenvalue weighted by atomic mass is 10.0. The second-order valence-electron chi connectivity index (χ2n) is 5.18. The Morgan fingerprint density at radius 3 is 2.78 bits per heavy atom. The topological polar surface area (TPSA) is 24.9 Å². The number of rotatable bonds is 0. The first-order valence-corrected chi connectivity index (χ1v) is 6.77. The van der Waals surface area contributed by atoms with Gasteiger partial charge >= 0.3 is 0 Å². The summed E-state index contributed by atoms with van der Waals surface area (Å²) in [5.41, 5.74) is 1.30. The van der Waals surface area contributed by atoms with Gasteiger partial charge in [0.2, 0.25) is 0 Å². The Labute approximate surface area is 109 Å². The highest BCUT2D eigenvalue weighted by Gasteiger charge is 2.04. The molecule has 1 aliphatic heterocycles. The SMILES string of the molecule is CC1CCCNC1.Cc1ccc2cnccc2c1. The molecule has 1 aromatic heterocycles. The average Bonchev–Trinajstić information content (AvgIpc) is 2.40. The van der Waals surface area contributed by atoms with Crippen LogP contribution in [0, 0.1) is 12.8 Å². The predicted octanol–water partition coefficient (Wildman–Crippen LogP) is 3.55. The van der Waals surface area contributed by atoms with Crippen molar-refractivity contribution in [1.29, 1.82) is 0 Å². The van der Waals surface area contributed by atoms with Gasteiger partial charge in [-0.2, -0.15) is 0 Å². The van der Waals surface area contributed by atoms with E-state index >= 15 is 0 Å². The van der Waals surface area contributed by atoms with Crippen molar-refractivity contribution in [1.82, 2.24) is 10.3 Å². The maximum absolute atomic E-state index is 4.04. The van der Waals surface area contributed by atoms with Crippen molar-refractivity contribution in [2.75, 3.05) is 13.1 Å². The molecule has 0 aliphatic carbocycles. The molecule has 1 atom stereocenters. The minimum atomic E-state index is 0.925. The molecule has 2 aromatic rings. The molecule has 18 heavy (non-hydrogen) atoms. The molecule has 3 rings (SSSR count). The largest absolute Gasteiger partial charge is 0.316 e. The quantitative estimate of drug-likeness (QED) is 0.764. The van der Waals surface area contributed by atoms with Crippen LogP contribution >= 0.6 is 0 Å². The van der Waals surface area contributed by atoms with Crippen molar-refractivity contribution < 1.29 is 0 Å². The first-order chi connectivity index (χ1) is 8.75. The molecule has 2 heteroatoms. The zero-order chi connectivity index (χ0) is 12.8. The van der Waals surface area contributed by atoms with E-state index in [1.54, 1.807) is 0 Å². The molecule has 2 heterocycles. The van der Waals surface area contributed by atoms with Crippen molar-refractivity contribution in [2.45, 2.75) is 26.7 Å². The van der Waals surface area contributed by atoms with Crippen LogP contribution in [-0.4, -0.2) is 18.1 Å². The van der Waals surface area contributed by atoms with Crippen molar-refractivity contribution in [3.8, 4) is 0 Å². The Hall–Kier alpha value is -1.41. The van der Waals surface area contributed by atoms with Crippen LogP contribution in [0.4, 0.5) is 0 Å². The van der Waals surface area contributed by atoms with E-state index in [9.17, 15) is 0 Å². The number of pyridine rings is 1. The zero-order valence-electron chi connectivity index (χ0n) is 11.3. The van der Waals surface area contributed by atoms with Gasteiger partial charge in [0, 0.05) is 17.8 Å². The van der Waals surface area contributed by atoms with Crippen LogP contribution in [0.5, 0.6) is 0 Å². The van der Waals surface area contributed by atoms with E-state index in [1.807, 2.05) is 18.5 Å². The lowest BCUT2D eigenvalue weighted by Crippen LogP contribution is -2.27. The predicted molar refractivity (Wildman–Crippen MR) is 77.7 cm³/mol. The molecule has 0 amide bonds. The van der Waals surface area contributed by atoms with E-state index in [4.69, 9.17) is 0 Å². The molecule has 0 bridgehead atoms. The van der Waals surface area contributed by atoms with E-state index in [1.165, 1.54) is 42.3 Å². The van der Waals surface area contributed by atoms with Crippen LogP contribution in [0.25, 0.3) is 10.8 Å². The van der Waals surface area contributed by atoms with Gasteiger partial charge in [-0.25, -0.2) is 0 Å². The summed E-state index contributed by atoms with van der Waals surface area (Å²) in [6, 6.07) is 8.39. The first kappa shape index (κ1) is 13.0. The summed E-state index contributed by atoms with van der Waals surface area (Å²) in [6.45, 7) is 6.87. The molecule has 1 saturated heterocycles. The molecular weight excluding hydrogens is 220 g/mol. The van der Waals surface area contributed by atoms with Gasteiger partial charge in [0.05, 0.1) is 0 Å². The first-order valence-electron chi connectivity index (χ1n) is 6.77. The van der Waals surface area contributed by atoms with Crippen LogP contribution in [-0.2, 0) is 0 Å². The van der Waals surface area contributed by atoms with Crippen molar-refractivity contribution in [3.05, 3.63) is 42.2 Å². The zero-order valence-corrected chi connectivity index (χ0v) is 11.3. The number of aromatic nitrogens is 1. The Balaban J connectivity index is 0.000000149. The van der Waals surface area contributed by atoms with Crippen LogP contribution in [0.3, 0.4) is 0 Å².